The van der Waals surface area contributed by atoms with Gasteiger partial charge in [-0.25, -0.2) is 0 Å². The molecule has 5 heteroatoms. The van der Waals surface area contributed by atoms with Crippen LogP contribution in [0.25, 0.3) is 0 Å². The molecule has 1 aliphatic heterocycles. The minimum Gasteiger partial charge on any atom is -0.492 e. The maximum Gasteiger partial charge on any atom is 0.243 e. The number of hydrogen-bond acceptors (Lipinski definition) is 3. The van der Waals surface area contributed by atoms with Gasteiger partial charge in [0.25, 0.3) is 0 Å². The van der Waals surface area contributed by atoms with E-state index in [-0.39, 0.29) is 23.8 Å². The number of hydrogen-bond donors (Lipinski definition) is 1. The molecule has 0 aliphatic carbocycles. The first-order chi connectivity index (χ1) is 9.89. The molecule has 0 spiro atoms. The van der Waals surface area contributed by atoms with Crippen LogP contribution >= 0.6 is 0 Å². The minimum atomic E-state index is -0.460. The van der Waals surface area contributed by atoms with E-state index < -0.39 is 6.04 Å². The third-order valence-electron chi connectivity index (χ3n) is 3.46. The van der Waals surface area contributed by atoms with E-state index >= 15 is 0 Å². The lowest BCUT2D eigenvalue weighted by molar-refractivity contribution is -0.150. The Bertz CT molecular complexity index is 508. The van der Waals surface area contributed by atoms with E-state index in [1.165, 1.54) is 0 Å². The molecule has 1 unspecified atom stereocenters. The van der Waals surface area contributed by atoms with E-state index in [2.05, 4.69) is 5.32 Å². The number of nitrogens with zero attached hydrogens (tertiary/aromatic N) is 1. The highest BCUT2D eigenvalue weighted by Crippen LogP contribution is 2.26. The van der Waals surface area contributed by atoms with Crippen molar-refractivity contribution < 1.29 is 14.3 Å². The summed E-state index contributed by atoms with van der Waals surface area (Å²) in [5, 5.41) is 2.66. The highest BCUT2D eigenvalue weighted by Gasteiger charge is 2.41. The number of ether oxygens (including phenoxy) is 1. The van der Waals surface area contributed by atoms with Crippen molar-refractivity contribution >= 4 is 11.8 Å². The summed E-state index contributed by atoms with van der Waals surface area (Å²) in [6.45, 7) is 6.72. The molecular formula is C16H22N2O3. The van der Waals surface area contributed by atoms with Crippen LogP contribution in [-0.2, 0) is 9.59 Å². The Kier molecular flexibility index (Phi) is 4.50. The highest BCUT2D eigenvalue weighted by atomic mass is 16.5. The van der Waals surface area contributed by atoms with Crippen LogP contribution in [0.3, 0.4) is 0 Å². The molecule has 0 saturated carbocycles. The fraction of sp³-hybridized carbons (Fsp3) is 0.500. The Morgan fingerprint density at radius 2 is 1.90 bits per heavy atom. The van der Waals surface area contributed by atoms with Gasteiger partial charge in [-0.2, -0.15) is 0 Å². The highest BCUT2D eigenvalue weighted by molar-refractivity contribution is 5.95. The minimum absolute atomic E-state index is 0.0637. The summed E-state index contributed by atoms with van der Waals surface area (Å²) in [6, 6.07) is 8.98. The van der Waals surface area contributed by atoms with Gasteiger partial charge in [-0.3, -0.25) is 9.59 Å². The van der Waals surface area contributed by atoms with Crippen LogP contribution in [0, 0.1) is 5.41 Å². The number of rotatable bonds is 4. The van der Waals surface area contributed by atoms with Crippen LogP contribution in [0.5, 0.6) is 5.75 Å². The fourth-order valence-corrected chi connectivity index (χ4v) is 2.54. The zero-order chi connectivity index (χ0) is 15.5. The molecule has 2 amide bonds. The van der Waals surface area contributed by atoms with Gasteiger partial charge < -0.3 is 15.0 Å². The molecule has 1 aromatic carbocycles. The van der Waals surface area contributed by atoms with E-state index in [9.17, 15) is 9.59 Å². The molecule has 1 atom stereocenters. The Morgan fingerprint density at radius 1 is 1.24 bits per heavy atom. The number of para-hydroxylation sites is 1. The summed E-state index contributed by atoms with van der Waals surface area (Å²) in [5.41, 5.74) is -0.313. The van der Waals surface area contributed by atoms with Crippen molar-refractivity contribution in [1.82, 2.24) is 10.2 Å². The summed E-state index contributed by atoms with van der Waals surface area (Å²) in [5.74, 6) is 0.603. The van der Waals surface area contributed by atoms with Gasteiger partial charge in [0, 0.05) is 0 Å². The summed E-state index contributed by atoms with van der Waals surface area (Å²) in [6.07, 6.45) is 0. The van der Waals surface area contributed by atoms with Crippen LogP contribution in [0.1, 0.15) is 20.8 Å². The lowest BCUT2D eigenvalue weighted by atomic mass is 9.84. The monoisotopic (exact) mass is 290 g/mol. The van der Waals surface area contributed by atoms with Crippen molar-refractivity contribution in [3.63, 3.8) is 0 Å². The van der Waals surface area contributed by atoms with Crippen LogP contribution in [0.2, 0.25) is 0 Å². The SMILES string of the molecule is CC(C)(C)C1C(=O)NCC(=O)N1CCOc1ccccc1. The van der Waals surface area contributed by atoms with Gasteiger partial charge in [0.05, 0.1) is 13.1 Å². The van der Waals surface area contributed by atoms with Gasteiger partial charge >= 0.3 is 0 Å². The molecule has 0 radical (unpaired) electrons. The predicted molar refractivity (Wildman–Crippen MR) is 79.9 cm³/mol. The molecular weight excluding hydrogens is 268 g/mol. The van der Waals surface area contributed by atoms with Crippen molar-refractivity contribution in [3.8, 4) is 5.75 Å². The summed E-state index contributed by atoms with van der Waals surface area (Å²) in [7, 11) is 0. The first-order valence-electron chi connectivity index (χ1n) is 7.14. The van der Waals surface area contributed by atoms with Gasteiger partial charge in [-0.05, 0) is 17.5 Å². The van der Waals surface area contributed by atoms with Gasteiger partial charge in [0.1, 0.15) is 18.4 Å². The molecule has 1 heterocycles. The zero-order valence-corrected chi connectivity index (χ0v) is 12.8. The van der Waals surface area contributed by atoms with E-state index in [4.69, 9.17) is 4.74 Å². The molecule has 1 saturated heterocycles. The first kappa shape index (κ1) is 15.4. The summed E-state index contributed by atoms with van der Waals surface area (Å²) < 4.78 is 5.63. The van der Waals surface area contributed by atoms with Crippen LogP contribution in [0.15, 0.2) is 30.3 Å². The van der Waals surface area contributed by atoms with Crippen molar-refractivity contribution in [2.75, 3.05) is 19.7 Å². The number of carbonyl (C=O) groups excluding carboxylic acids is 2. The number of piperazine rings is 1. The van der Waals surface area contributed by atoms with Crippen molar-refractivity contribution in [3.05, 3.63) is 30.3 Å². The summed E-state index contributed by atoms with van der Waals surface area (Å²) in [4.78, 5) is 25.8. The van der Waals surface area contributed by atoms with E-state index in [0.29, 0.717) is 13.2 Å². The molecule has 0 aromatic heterocycles. The largest absolute Gasteiger partial charge is 0.492 e. The molecule has 1 aliphatic rings. The van der Waals surface area contributed by atoms with E-state index in [0.717, 1.165) is 5.75 Å². The Labute approximate surface area is 125 Å². The molecule has 21 heavy (non-hydrogen) atoms. The predicted octanol–water partition coefficient (Wildman–Crippen LogP) is 1.44. The van der Waals surface area contributed by atoms with Crippen molar-refractivity contribution in [2.45, 2.75) is 26.8 Å². The molecule has 114 valence electrons. The van der Waals surface area contributed by atoms with Crippen LogP contribution in [0.4, 0.5) is 0 Å². The van der Waals surface area contributed by atoms with Gasteiger partial charge in [-0.1, -0.05) is 39.0 Å². The Morgan fingerprint density at radius 3 is 2.52 bits per heavy atom. The number of benzene rings is 1. The third kappa shape index (κ3) is 3.74. The molecule has 1 fully saturated rings. The average Bonchev–Trinajstić information content (AvgIpc) is 2.42. The fourth-order valence-electron chi connectivity index (χ4n) is 2.54. The summed E-state index contributed by atoms with van der Waals surface area (Å²) >= 11 is 0. The maximum absolute atomic E-state index is 12.1. The molecule has 2 rings (SSSR count). The molecule has 1 N–H and O–H groups in total. The van der Waals surface area contributed by atoms with Gasteiger partial charge in [-0.15, -0.1) is 0 Å². The Hall–Kier alpha value is -2.04. The smallest absolute Gasteiger partial charge is 0.243 e. The van der Waals surface area contributed by atoms with Gasteiger partial charge in [0.2, 0.25) is 11.8 Å². The van der Waals surface area contributed by atoms with Crippen LogP contribution in [-0.4, -0.2) is 42.5 Å². The number of carbonyl (C=O) groups is 2. The number of nitrogens with one attached hydrogen (secondary N) is 1. The Balaban J connectivity index is 2.01. The standard InChI is InChI=1S/C16H22N2O3/c1-16(2,3)14-15(20)17-11-13(19)18(14)9-10-21-12-7-5-4-6-8-12/h4-8,14H,9-11H2,1-3H3,(H,17,20). The normalized spacial score (nSPS) is 19.4. The first-order valence-corrected chi connectivity index (χ1v) is 7.14. The topological polar surface area (TPSA) is 58.6 Å². The third-order valence-corrected chi connectivity index (χ3v) is 3.46. The second-order valence-electron chi connectivity index (χ2n) is 6.24. The zero-order valence-electron chi connectivity index (χ0n) is 12.8. The van der Waals surface area contributed by atoms with E-state index in [1.807, 2.05) is 51.1 Å². The molecule has 1 aromatic rings. The quantitative estimate of drug-likeness (QED) is 0.913. The second kappa shape index (κ2) is 6.16. The molecule has 0 bridgehead atoms. The average molecular weight is 290 g/mol. The van der Waals surface area contributed by atoms with E-state index in [1.54, 1.807) is 4.90 Å². The van der Waals surface area contributed by atoms with Crippen LogP contribution < -0.4 is 10.1 Å². The number of amides is 2. The maximum atomic E-state index is 12.1. The van der Waals surface area contributed by atoms with Gasteiger partial charge in [0.15, 0.2) is 0 Å². The lowest BCUT2D eigenvalue weighted by Gasteiger charge is -2.41. The van der Waals surface area contributed by atoms with Crippen molar-refractivity contribution in [2.24, 2.45) is 5.41 Å². The van der Waals surface area contributed by atoms with Crippen molar-refractivity contribution in [1.29, 1.82) is 0 Å². The molecule has 5 nitrogen and oxygen atoms in total. The lowest BCUT2D eigenvalue weighted by Crippen LogP contribution is -2.63. The second-order valence-corrected chi connectivity index (χ2v) is 6.24.